The molecule has 0 saturated heterocycles. The number of amides is 1. The van der Waals surface area contributed by atoms with E-state index in [1.54, 1.807) is 6.92 Å². The molecule has 0 heterocycles. The smallest absolute Gasteiger partial charge is 0.328 e. The van der Waals surface area contributed by atoms with Gasteiger partial charge in [-0.1, -0.05) is 13.0 Å². The molecule has 5 nitrogen and oxygen atoms in total. The standard InChI is InChI=1S/C13H14FNO4/c1-2-10(13(15)18)19-11-5-3-8(7-9(11)14)4-6-12(16)17/h3-7,10H,2H2,1H3,(H2,15,18)(H,16,17)/b6-4+. The number of hydrogen-bond acceptors (Lipinski definition) is 3. The lowest BCUT2D eigenvalue weighted by molar-refractivity contribution is -0.131. The summed E-state index contributed by atoms with van der Waals surface area (Å²) in [5.41, 5.74) is 5.47. The van der Waals surface area contributed by atoms with Gasteiger partial charge in [0.2, 0.25) is 0 Å². The van der Waals surface area contributed by atoms with E-state index in [0.29, 0.717) is 12.0 Å². The number of halogens is 1. The molecule has 1 rings (SSSR count). The summed E-state index contributed by atoms with van der Waals surface area (Å²) in [7, 11) is 0. The van der Waals surface area contributed by atoms with Gasteiger partial charge in [0.15, 0.2) is 17.7 Å². The number of carboxylic acids is 1. The number of nitrogens with two attached hydrogens (primary N) is 1. The Bertz CT molecular complexity index is 513. The molecule has 0 saturated carbocycles. The predicted molar refractivity (Wildman–Crippen MR) is 67.0 cm³/mol. The number of carboxylic acid groups (broad SMARTS) is 1. The largest absolute Gasteiger partial charge is 0.478 e. The summed E-state index contributed by atoms with van der Waals surface area (Å²) in [4.78, 5) is 21.3. The number of hydrogen-bond donors (Lipinski definition) is 2. The predicted octanol–water partition coefficient (Wildman–Crippen LogP) is 1.57. The number of aliphatic carboxylic acids is 1. The Kier molecular flexibility index (Phi) is 5.05. The number of carbonyl (C=O) groups is 2. The molecule has 0 aliphatic carbocycles. The summed E-state index contributed by atoms with van der Waals surface area (Å²) >= 11 is 0. The highest BCUT2D eigenvalue weighted by Crippen LogP contribution is 2.21. The molecule has 0 aliphatic rings. The second-order valence-electron chi connectivity index (χ2n) is 3.78. The first-order valence-electron chi connectivity index (χ1n) is 5.60. The van der Waals surface area contributed by atoms with Crippen molar-refractivity contribution in [1.82, 2.24) is 0 Å². The van der Waals surface area contributed by atoms with E-state index in [-0.39, 0.29) is 5.75 Å². The van der Waals surface area contributed by atoms with Crippen molar-refractivity contribution in [3.63, 3.8) is 0 Å². The minimum Gasteiger partial charge on any atom is -0.478 e. The fourth-order valence-electron chi connectivity index (χ4n) is 1.38. The quantitative estimate of drug-likeness (QED) is 0.765. The van der Waals surface area contributed by atoms with Crippen LogP contribution in [-0.4, -0.2) is 23.1 Å². The molecule has 1 aromatic carbocycles. The van der Waals surface area contributed by atoms with Crippen LogP contribution in [0.15, 0.2) is 24.3 Å². The lowest BCUT2D eigenvalue weighted by atomic mass is 10.2. The summed E-state index contributed by atoms with van der Waals surface area (Å²) in [5, 5.41) is 8.45. The van der Waals surface area contributed by atoms with E-state index in [4.69, 9.17) is 15.6 Å². The van der Waals surface area contributed by atoms with Gasteiger partial charge in [0, 0.05) is 6.08 Å². The Morgan fingerprint density at radius 2 is 2.21 bits per heavy atom. The second-order valence-corrected chi connectivity index (χ2v) is 3.78. The first kappa shape index (κ1) is 14.7. The molecule has 1 amide bonds. The molecule has 0 bridgehead atoms. The van der Waals surface area contributed by atoms with Gasteiger partial charge in [-0.2, -0.15) is 0 Å². The topological polar surface area (TPSA) is 89.6 Å². The number of carbonyl (C=O) groups excluding carboxylic acids is 1. The Labute approximate surface area is 109 Å². The van der Waals surface area contributed by atoms with E-state index in [9.17, 15) is 14.0 Å². The highest BCUT2D eigenvalue weighted by molar-refractivity contribution is 5.85. The third-order valence-corrected chi connectivity index (χ3v) is 2.33. The van der Waals surface area contributed by atoms with Crippen LogP contribution in [0.5, 0.6) is 5.75 Å². The maximum atomic E-state index is 13.7. The molecule has 1 unspecified atom stereocenters. The molecular formula is C13H14FNO4. The van der Waals surface area contributed by atoms with Crippen LogP contribution in [0.2, 0.25) is 0 Å². The maximum absolute atomic E-state index is 13.7. The minimum atomic E-state index is -1.12. The van der Waals surface area contributed by atoms with Gasteiger partial charge < -0.3 is 15.6 Å². The van der Waals surface area contributed by atoms with Crippen molar-refractivity contribution in [3.05, 3.63) is 35.7 Å². The molecule has 19 heavy (non-hydrogen) atoms. The fourth-order valence-corrected chi connectivity index (χ4v) is 1.38. The summed E-state index contributed by atoms with van der Waals surface area (Å²) in [6.45, 7) is 1.69. The summed E-state index contributed by atoms with van der Waals surface area (Å²) in [6.07, 6.45) is 1.58. The van der Waals surface area contributed by atoms with Crippen molar-refractivity contribution in [2.24, 2.45) is 5.73 Å². The van der Waals surface area contributed by atoms with Crippen LogP contribution in [-0.2, 0) is 9.59 Å². The zero-order valence-electron chi connectivity index (χ0n) is 10.3. The molecule has 0 aromatic heterocycles. The van der Waals surface area contributed by atoms with Crippen LogP contribution in [0.4, 0.5) is 4.39 Å². The number of ether oxygens (including phenoxy) is 1. The Hall–Kier alpha value is -2.37. The van der Waals surface area contributed by atoms with Crippen LogP contribution in [0.1, 0.15) is 18.9 Å². The summed E-state index contributed by atoms with van der Waals surface area (Å²) < 4.78 is 18.8. The normalized spacial score (nSPS) is 12.3. The number of benzene rings is 1. The van der Waals surface area contributed by atoms with Crippen molar-refractivity contribution >= 4 is 18.0 Å². The lowest BCUT2D eigenvalue weighted by Gasteiger charge is -2.14. The molecule has 6 heteroatoms. The van der Waals surface area contributed by atoms with Gasteiger partial charge >= 0.3 is 5.97 Å². The van der Waals surface area contributed by atoms with E-state index in [1.165, 1.54) is 18.2 Å². The molecule has 0 fully saturated rings. The van der Waals surface area contributed by atoms with Crippen molar-refractivity contribution < 1.29 is 23.8 Å². The van der Waals surface area contributed by atoms with Gasteiger partial charge in [0.05, 0.1) is 0 Å². The van der Waals surface area contributed by atoms with Crippen LogP contribution in [0, 0.1) is 5.82 Å². The molecule has 3 N–H and O–H groups in total. The molecular weight excluding hydrogens is 253 g/mol. The van der Waals surface area contributed by atoms with E-state index in [2.05, 4.69) is 0 Å². The van der Waals surface area contributed by atoms with Gasteiger partial charge in [0.25, 0.3) is 5.91 Å². The van der Waals surface area contributed by atoms with Gasteiger partial charge in [-0.25, -0.2) is 9.18 Å². The van der Waals surface area contributed by atoms with Gasteiger partial charge in [0.1, 0.15) is 0 Å². The molecule has 0 spiro atoms. The highest BCUT2D eigenvalue weighted by Gasteiger charge is 2.16. The van der Waals surface area contributed by atoms with Crippen molar-refractivity contribution in [1.29, 1.82) is 0 Å². The number of rotatable bonds is 6. The fraction of sp³-hybridized carbons (Fsp3) is 0.231. The number of primary amides is 1. The SMILES string of the molecule is CCC(Oc1ccc(/C=C/C(=O)O)cc1F)C(N)=O. The van der Waals surface area contributed by atoms with Crippen LogP contribution < -0.4 is 10.5 Å². The monoisotopic (exact) mass is 267 g/mol. The van der Waals surface area contributed by atoms with E-state index in [0.717, 1.165) is 12.1 Å². The van der Waals surface area contributed by atoms with Crippen molar-refractivity contribution in [2.45, 2.75) is 19.4 Å². The van der Waals surface area contributed by atoms with E-state index >= 15 is 0 Å². The Morgan fingerprint density at radius 1 is 1.53 bits per heavy atom. The third kappa shape index (κ3) is 4.42. The van der Waals surface area contributed by atoms with E-state index in [1.807, 2.05) is 0 Å². The van der Waals surface area contributed by atoms with Crippen LogP contribution in [0.3, 0.4) is 0 Å². The molecule has 1 aromatic rings. The molecule has 102 valence electrons. The lowest BCUT2D eigenvalue weighted by Crippen LogP contribution is -2.33. The zero-order valence-corrected chi connectivity index (χ0v) is 10.3. The van der Waals surface area contributed by atoms with Crippen molar-refractivity contribution in [3.8, 4) is 5.75 Å². The third-order valence-electron chi connectivity index (χ3n) is 2.33. The molecule has 0 radical (unpaired) electrons. The first-order valence-corrected chi connectivity index (χ1v) is 5.60. The highest BCUT2D eigenvalue weighted by atomic mass is 19.1. The van der Waals surface area contributed by atoms with Gasteiger partial charge in [-0.15, -0.1) is 0 Å². The zero-order chi connectivity index (χ0) is 14.4. The van der Waals surface area contributed by atoms with E-state index < -0.39 is 23.8 Å². The minimum absolute atomic E-state index is 0.0990. The van der Waals surface area contributed by atoms with Gasteiger partial charge in [-0.05, 0) is 30.2 Å². The average molecular weight is 267 g/mol. The van der Waals surface area contributed by atoms with Gasteiger partial charge in [-0.3, -0.25) is 4.79 Å². The molecule has 1 atom stereocenters. The Morgan fingerprint density at radius 3 is 2.68 bits per heavy atom. The average Bonchev–Trinajstić information content (AvgIpc) is 2.34. The maximum Gasteiger partial charge on any atom is 0.328 e. The summed E-state index contributed by atoms with van der Waals surface area (Å²) in [6, 6.07) is 3.91. The van der Waals surface area contributed by atoms with Crippen molar-refractivity contribution in [2.75, 3.05) is 0 Å². The van der Waals surface area contributed by atoms with Crippen LogP contribution >= 0.6 is 0 Å². The second kappa shape index (κ2) is 6.53. The molecule has 0 aliphatic heterocycles. The Balaban J connectivity index is 2.88. The first-order chi connectivity index (χ1) is 8.93. The van der Waals surface area contributed by atoms with Crippen LogP contribution in [0.25, 0.3) is 6.08 Å². The summed E-state index contributed by atoms with van der Waals surface area (Å²) in [5.74, 6) is -2.58.